The Kier molecular flexibility index (Phi) is 18.5. The van der Waals surface area contributed by atoms with Crippen LogP contribution in [0.2, 0.25) is 0 Å². The van der Waals surface area contributed by atoms with E-state index in [1.807, 2.05) is 0 Å². The van der Waals surface area contributed by atoms with Gasteiger partial charge in [-0.25, -0.2) is 18.5 Å². The molecule has 0 saturated carbocycles. The lowest BCUT2D eigenvalue weighted by atomic mass is 10.2. The van der Waals surface area contributed by atoms with E-state index in [4.69, 9.17) is 33.5 Å². The number of amides is 3. The third-order valence-electron chi connectivity index (χ3n) is 7.19. The molecule has 2 heterocycles. The predicted molar refractivity (Wildman–Crippen MR) is 196 cm³/mol. The maximum Gasteiger partial charge on any atom is 0.490 e. The molecule has 1 saturated heterocycles. The first kappa shape index (κ1) is 48.2. The highest BCUT2D eigenvalue weighted by atomic mass is 31.3. The molecule has 0 bridgehead atoms. The van der Waals surface area contributed by atoms with Crippen LogP contribution in [0.3, 0.4) is 0 Å². The average molecular weight is 886 g/mol. The first-order valence-corrected chi connectivity index (χ1v) is 21.1. The minimum atomic E-state index is -5.76. The van der Waals surface area contributed by atoms with Gasteiger partial charge in [0.05, 0.1) is 31.5 Å². The highest BCUT2D eigenvalue weighted by molar-refractivity contribution is 7.66. The number of hydrogen-bond acceptors (Lipinski definition) is 16. The van der Waals surface area contributed by atoms with Crippen LogP contribution in [0.4, 0.5) is 0 Å². The molecule has 1 aromatic carbocycles. The number of nitrogens with zero attached hydrogens (tertiary/aromatic N) is 1. The molecule has 58 heavy (non-hydrogen) atoms. The van der Waals surface area contributed by atoms with Gasteiger partial charge in [-0.05, 0) is 18.2 Å². The van der Waals surface area contributed by atoms with Crippen LogP contribution in [0.15, 0.2) is 58.8 Å². The van der Waals surface area contributed by atoms with Crippen LogP contribution in [0, 0.1) is 0 Å². The van der Waals surface area contributed by atoms with Crippen molar-refractivity contribution in [2.24, 2.45) is 0 Å². The van der Waals surface area contributed by atoms with Gasteiger partial charge in [0.15, 0.2) is 6.29 Å². The summed E-state index contributed by atoms with van der Waals surface area (Å²) >= 11 is 0. The van der Waals surface area contributed by atoms with E-state index >= 15 is 0 Å². The standard InChI is InChI=1S/C30H42N5O20P3/c1-4-11-49-27(17-50-22-9-5-7-20(12-22)28(38)33-18-32-19(2)36)51-16-25(37)31-10-6-8-21-14-35(30(40)34-29(21)39)26-13-23(48-3)24(53-26)15-52-57(44,45)55-58(46,47)54-56(41,42)43/h4-9,12,14,23-24,26-27H,1,10-11,13,15-18H2,2-3H3,(H,31,37)(H,32,36)(H,33,38)(H,44,45)(H,46,47)(H,34,39,40)(H2,41,42,43)/b8-6+/t23-,24?,26?,27?/m0/s1. The zero-order valence-corrected chi connectivity index (χ0v) is 33.4. The Morgan fingerprint density at radius 1 is 1.07 bits per heavy atom. The average Bonchev–Trinajstić information content (AvgIpc) is 3.54. The van der Waals surface area contributed by atoms with Gasteiger partial charge in [0, 0.05) is 38.8 Å². The van der Waals surface area contributed by atoms with Crippen LogP contribution >= 0.6 is 23.5 Å². The van der Waals surface area contributed by atoms with Crippen molar-refractivity contribution in [1.29, 1.82) is 0 Å². The van der Waals surface area contributed by atoms with Gasteiger partial charge in [-0.1, -0.05) is 24.3 Å². The van der Waals surface area contributed by atoms with Crippen LogP contribution in [0.1, 0.15) is 35.5 Å². The number of carbonyl (C=O) groups is 3. The number of H-pyrrole nitrogens is 1. The fraction of sp³-hybridized carbons (Fsp3) is 0.433. The second-order valence-electron chi connectivity index (χ2n) is 11.6. The van der Waals surface area contributed by atoms with Crippen molar-refractivity contribution in [3.05, 3.63) is 81.2 Å². The number of rotatable bonds is 24. The van der Waals surface area contributed by atoms with Crippen LogP contribution in [0.25, 0.3) is 6.08 Å². The molecule has 3 amide bonds. The summed E-state index contributed by atoms with van der Waals surface area (Å²) in [4.78, 5) is 99.6. The van der Waals surface area contributed by atoms with E-state index in [-0.39, 0.29) is 49.9 Å². The molecule has 0 aliphatic carbocycles. The minimum Gasteiger partial charge on any atom is -0.488 e. The molecule has 3 rings (SSSR count). The van der Waals surface area contributed by atoms with E-state index in [0.717, 1.165) is 10.8 Å². The summed E-state index contributed by atoms with van der Waals surface area (Å²) in [5, 5.41) is 7.52. The number of methoxy groups -OCH3 is 1. The lowest BCUT2D eigenvalue weighted by Gasteiger charge is -2.20. The van der Waals surface area contributed by atoms with Gasteiger partial charge in [-0.3, -0.25) is 33.3 Å². The molecule has 0 radical (unpaired) electrons. The van der Waals surface area contributed by atoms with Crippen molar-refractivity contribution >= 4 is 47.3 Å². The van der Waals surface area contributed by atoms with Crippen LogP contribution in [-0.2, 0) is 55.4 Å². The third kappa shape index (κ3) is 17.0. The summed E-state index contributed by atoms with van der Waals surface area (Å²) in [5.74, 6) is -1.06. The van der Waals surface area contributed by atoms with Gasteiger partial charge in [0.25, 0.3) is 11.5 Å². The predicted octanol–water partition coefficient (Wildman–Crippen LogP) is -0.240. The van der Waals surface area contributed by atoms with Gasteiger partial charge in [-0.15, -0.1) is 6.58 Å². The van der Waals surface area contributed by atoms with Crippen molar-refractivity contribution in [2.75, 3.05) is 46.8 Å². The summed E-state index contributed by atoms with van der Waals surface area (Å²) in [7, 11) is -15.6. The van der Waals surface area contributed by atoms with E-state index in [9.17, 15) is 47.5 Å². The van der Waals surface area contributed by atoms with Crippen LogP contribution in [-0.4, -0.2) is 112 Å². The molecular weight excluding hydrogens is 843 g/mol. The largest absolute Gasteiger partial charge is 0.490 e. The first-order valence-electron chi connectivity index (χ1n) is 16.6. The summed E-state index contributed by atoms with van der Waals surface area (Å²) in [6.45, 7) is 3.28. The van der Waals surface area contributed by atoms with E-state index in [1.165, 1.54) is 38.3 Å². The molecule has 8 N–H and O–H groups in total. The van der Waals surface area contributed by atoms with E-state index in [0.29, 0.717) is 5.75 Å². The Morgan fingerprint density at radius 2 is 1.81 bits per heavy atom. The number of nitrogens with one attached hydrogen (secondary N) is 4. The maximum absolute atomic E-state index is 12.7. The molecule has 0 spiro atoms. The quantitative estimate of drug-likeness (QED) is 0.0383. The number of aromatic nitrogens is 2. The van der Waals surface area contributed by atoms with E-state index in [1.54, 1.807) is 18.2 Å². The van der Waals surface area contributed by atoms with Gasteiger partial charge in [0.2, 0.25) is 11.8 Å². The number of benzene rings is 1. The van der Waals surface area contributed by atoms with Crippen LogP contribution < -0.4 is 31.9 Å². The number of hydrogen-bond donors (Lipinski definition) is 8. The summed E-state index contributed by atoms with van der Waals surface area (Å²) in [6.07, 6.45) is 0.917. The molecular formula is C30H42N5O20P3. The molecule has 5 unspecified atom stereocenters. The van der Waals surface area contributed by atoms with Crippen molar-refractivity contribution in [1.82, 2.24) is 25.5 Å². The van der Waals surface area contributed by atoms with Crippen molar-refractivity contribution in [3.8, 4) is 5.75 Å². The SMILES string of the molecule is C=CCOC(COc1cccc(C(=O)NCNC(C)=O)c1)OCC(=O)NC/C=C/c1cn(C2C[C@H](OC)C(COP(=O)(O)OP(=O)(O)OP(=O)(O)O)O2)c(=O)[nH]c1=O. The molecule has 1 aromatic heterocycles. The fourth-order valence-electron chi connectivity index (χ4n) is 4.71. The number of aromatic amines is 1. The van der Waals surface area contributed by atoms with Crippen molar-refractivity contribution < 1.29 is 84.5 Å². The Hall–Kier alpha value is -4.16. The Bertz CT molecular complexity index is 2050. The zero-order chi connectivity index (χ0) is 43.1. The van der Waals surface area contributed by atoms with Gasteiger partial charge < -0.3 is 59.2 Å². The van der Waals surface area contributed by atoms with E-state index in [2.05, 4.69) is 40.7 Å². The normalized spacial score (nSPS) is 19.4. The molecule has 1 aliphatic rings. The molecule has 1 aliphatic heterocycles. The molecule has 1 fully saturated rings. The number of phosphoric acid groups is 3. The topological polar surface area (TPSA) is 348 Å². The second-order valence-corrected chi connectivity index (χ2v) is 16.0. The first-order chi connectivity index (χ1) is 27.2. The van der Waals surface area contributed by atoms with Gasteiger partial charge in [-0.2, -0.15) is 8.62 Å². The zero-order valence-electron chi connectivity index (χ0n) is 30.7. The summed E-state index contributed by atoms with van der Waals surface area (Å²) in [5.41, 5.74) is -1.50. The number of carbonyl (C=O) groups excluding carboxylic acids is 3. The molecule has 25 nitrogen and oxygen atoms in total. The smallest absolute Gasteiger partial charge is 0.488 e. The molecule has 322 valence electrons. The molecule has 2 aromatic rings. The van der Waals surface area contributed by atoms with Crippen molar-refractivity contribution in [2.45, 2.75) is 38.1 Å². The third-order valence-corrected chi connectivity index (χ3v) is 11.0. The lowest BCUT2D eigenvalue weighted by molar-refractivity contribution is -0.162. The number of phosphoric ester groups is 1. The van der Waals surface area contributed by atoms with Crippen LogP contribution in [0.5, 0.6) is 5.75 Å². The van der Waals surface area contributed by atoms with E-state index < -0.39 is 84.5 Å². The van der Waals surface area contributed by atoms with Crippen molar-refractivity contribution in [3.63, 3.8) is 0 Å². The highest BCUT2D eigenvalue weighted by Gasteiger charge is 2.43. The monoisotopic (exact) mass is 885 g/mol. The summed E-state index contributed by atoms with van der Waals surface area (Å²) in [6, 6.07) is 6.17. The minimum absolute atomic E-state index is 0.0521. The molecule has 6 atom stereocenters. The lowest BCUT2D eigenvalue weighted by Crippen LogP contribution is -2.36. The highest BCUT2D eigenvalue weighted by Crippen LogP contribution is 2.66. The maximum atomic E-state index is 12.7. The van der Waals surface area contributed by atoms with Gasteiger partial charge in [0.1, 0.15) is 31.3 Å². The second kappa shape index (κ2) is 22.3. The van der Waals surface area contributed by atoms with Gasteiger partial charge >= 0.3 is 29.2 Å². The number of ether oxygens (including phenoxy) is 5. The Balaban J connectivity index is 1.54. The fourth-order valence-corrected chi connectivity index (χ4v) is 7.74. The summed E-state index contributed by atoms with van der Waals surface area (Å²) < 4.78 is 75.2. The molecule has 28 heteroatoms. The Labute approximate surface area is 328 Å². The Morgan fingerprint density at radius 3 is 2.48 bits per heavy atom.